The fourth-order valence-electron chi connectivity index (χ4n) is 3.93. The van der Waals surface area contributed by atoms with Crippen LogP contribution < -0.4 is 0 Å². The lowest BCUT2D eigenvalue weighted by Crippen LogP contribution is -2.57. The zero-order valence-corrected chi connectivity index (χ0v) is 15.0. The van der Waals surface area contributed by atoms with E-state index in [0.29, 0.717) is 13.0 Å². The highest BCUT2D eigenvalue weighted by molar-refractivity contribution is 5.88. The second-order valence-corrected chi connectivity index (χ2v) is 7.18. The van der Waals surface area contributed by atoms with Crippen molar-refractivity contribution in [2.45, 2.75) is 45.0 Å². The number of carbonyl (C=O) groups is 2. The molecule has 1 N–H and O–H groups in total. The van der Waals surface area contributed by atoms with E-state index >= 15 is 0 Å². The van der Waals surface area contributed by atoms with Crippen LogP contribution in [0.3, 0.4) is 0 Å². The van der Waals surface area contributed by atoms with Crippen molar-refractivity contribution >= 4 is 11.8 Å². The third kappa shape index (κ3) is 4.02. The minimum atomic E-state index is -0.604. The smallest absolute Gasteiger partial charge is 0.245 e. The van der Waals surface area contributed by atoms with Gasteiger partial charge in [-0.25, -0.2) is 0 Å². The maximum absolute atomic E-state index is 12.9. The zero-order chi connectivity index (χ0) is 18.0. The summed E-state index contributed by atoms with van der Waals surface area (Å²) in [5.41, 5.74) is 1.27. The number of aliphatic hydroxyl groups excluding tert-OH is 1. The van der Waals surface area contributed by atoms with Crippen molar-refractivity contribution < 1.29 is 14.7 Å². The number of amides is 2. The maximum Gasteiger partial charge on any atom is 0.245 e. The Kier molecular flexibility index (Phi) is 5.39. The molecule has 0 radical (unpaired) electrons. The SMILES string of the molecule is CC(=O)N1C[C@@H](O)C[C@@H]1C(=O)N1CCN(Cc2ccccc2)CC1C. The van der Waals surface area contributed by atoms with Gasteiger partial charge in [0.15, 0.2) is 0 Å². The number of β-amino-alcohol motifs (C(OH)–C–C–N with tert-alkyl or cyclic N) is 1. The highest BCUT2D eigenvalue weighted by atomic mass is 16.3. The highest BCUT2D eigenvalue weighted by Gasteiger charge is 2.41. The summed E-state index contributed by atoms with van der Waals surface area (Å²) < 4.78 is 0. The Balaban J connectivity index is 1.61. The van der Waals surface area contributed by atoms with Gasteiger partial charge in [-0.15, -0.1) is 0 Å². The molecule has 0 saturated carbocycles. The molecule has 1 unspecified atom stereocenters. The Morgan fingerprint density at radius 1 is 1.12 bits per heavy atom. The fraction of sp³-hybridized carbons (Fsp3) is 0.579. The second-order valence-electron chi connectivity index (χ2n) is 7.18. The van der Waals surface area contributed by atoms with Crippen LogP contribution in [-0.4, -0.2) is 76.0 Å². The number of piperazine rings is 1. The van der Waals surface area contributed by atoms with Crippen LogP contribution in [0, 0.1) is 0 Å². The van der Waals surface area contributed by atoms with Crippen LogP contribution in [0.15, 0.2) is 30.3 Å². The van der Waals surface area contributed by atoms with E-state index in [1.165, 1.54) is 17.4 Å². The molecule has 2 heterocycles. The number of likely N-dealkylation sites (tertiary alicyclic amines) is 1. The van der Waals surface area contributed by atoms with Crippen LogP contribution >= 0.6 is 0 Å². The number of rotatable bonds is 3. The van der Waals surface area contributed by atoms with Gasteiger partial charge in [-0.05, 0) is 12.5 Å². The van der Waals surface area contributed by atoms with Crippen LogP contribution in [-0.2, 0) is 16.1 Å². The quantitative estimate of drug-likeness (QED) is 0.876. The summed E-state index contributed by atoms with van der Waals surface area (Å²) in [6.45, 7) is 6.95. The Morgan fingerprint density at radius 2 is 1.84 bits per heavy atom. The first-order chi connectivity index (χ1) is 12.0. The number of aliphatic hydroxyl groups is 1. The largest absolute Gasteiger partial charge is 0.391 e. The first-order valence-electron chi connectivity index (χ1n) is 8.97. The number of benzene rings is 1. The van der Waals surface area contributed by atoms with Crippen LogP contribution in [0.4, 0.5) is 0 Å². The molecule has 1 aromatic carbocycles. The molecule has 2 aliphatic rings. The molecular weight excluding hydrogens is 318 g/mol. The molecule has 2 saturated heterocycles. The van der Waals surface area contributed by atoms with Gasteiger partial charge in [-0.1, -0.05) is 30.3 Å². The molecule has 0 spiro atoms. The molecule has 3 rings (SSSR count). The Morgan fingerprint density at radius 3 is 2.48 bits per heavy atom. The third-order valence-electron chi connectivity index (χ3n) is 5.21. The van der Waals surface area contributed by atoms with E-state index in [-0.39, 0.29) is 24.4 Å². The molecule has 0 bridgehead atoms. The van der Waals surface area contributed by atoms with E-state index in [2.05, 4.69) is 24.0 Å². The van der Waals surface area contributed by atoms with Crippen molar-refractivity contribution in [1.82, 2.24) is 14.7 Å². The normalized spacial score (nSPS) is 27.6. The van der Waals surface area contributed by atoms with Crippen LogP contribution in [0.2, 0.25) is 0 Å². The van der Waals surface area contributed by atoms with E-state index in [1.54, 1.807) is 0 Å². The lowest BCUT2D eigenvalue weighted by Gasteiger charge is -2.41. The molecule has 2 aliphatic heterocycles. The molecule has 6 heteroatoms. The van der Waals surface area contributed by atoms with Gasteiger partial charge in [-0.2, -0.15) is 0 Å². The van der Waals surface area contributed by atoms with Gasteiger partial charge in [0, 0.05) is 52.1 Å². The number of carbonyl (C=O) groups excluding carboxylic acids is 2. The average molecular weight is 345 g/mol. The zero-order valence-electron chi connectivity index (χ0n) is 15.0. The van der Waals surface area contributed by atoms with Crippen molar-refractivity contribution in [3.63, 3.8) is 0 Å². The lowest BCUT2D eigenvalue weighted by atomic mass is 10.1. The van der Waals surface area contributed by atoms with Crippen LogP contribution in [0.25, 0.3) is 0 Å². The maximum atomic E-state index is 12.9. The van der Waals surface area contributed by atoms with Gasteiger partial charge >= 0.3 is 0 Å². The number of hydrogen-bond acceptors (Lipinski definition) is 4. The predicted octanol–water partition coefficient (Wildman–Crippen LogP) is 0.701. The van der Waals surface area contributed by atoms with E-state index in [9.17, 15) is 14.7 Å². The Bertz CT molecular complexity index is 622. The van der Waals surface area contributed by atoms with Crippen LogP contribution in [0.1, 0.15) is 25.8 Å². The highest BCUT2D eigenvalue weighted by Crippen LogP contribution is 2.23. The summed E-state index contributed by atoms with van der Waals surface area (Å²) in [4.78, 5) is 30.4. The first-order valence-corrected chi connectivity index (χ1v) is 8.97. The van der Waals surface area contributed by atoms with E-state index in [0.717, 1.165) is 19.6 Å². The van der Waals surface area contributed by atoms with Gasteiger partial charge in [0.05, 0.1) is 6.10 Å². The average Bonchev–Trinajstić information content (AvgIpc) is 2.98. The molecular formula is C19H27N3O3. The minimum absolute atomic E-state index is 0.0291. The fourth-order valence-corrected chi connectivity index (χ4v) is 3.93. The molecule has 1 aromatic rings. The first kappa shape index (κ1) is 17.9. The van der Waals surface area contributed by atoms with Gasteiger partial charge in [0.1, 0.15) is 6.04 Å². The predicted molar refractivity (Wildman–Crippen MR) is 94.7 cm³/mol. The van der Waals surface area contributed by atoms with E-state index in [4.69, 9.17) is 0 Å². The molecule has 2 fully saturated rings. The molecule has 136 valence electrons. The van der Waals surface area contributed by atoms with Gasteiger partial charge in [0.25, 0.3) is 0 Å². The van der Waals surface area contributed by atoms with E-state index < -0.39 is 12.1 Å². The minimum Gasteiger partial charge on any atom is -0.391 e. The Labute approximate surface area is 149 Å². The van der Waals surface area contributed by atoms with Crippen molar-refractivity contribution in [3.05, 3.63) is 35.9 Å². The standard InChI is InChI=1S/C19H27N3O3/c1-14-11-20(12-16-6-4-3-5-7-16)8-9-21(14)19(25)18-10-17(24)13-22(18)15(2)23/h3-7,14,17-18,24H,8-13H2,1-2H3/t14?,17-,18+/m0/s1. The topological polar surface area (TPSA) is 64.1 Å². The van der Waals surface area contributed by atoms with Gasteiger partial charge < -0.3 is 14.9 Å². The van der Waals surface area contributed by atoms with Crippen molar-refractivity contribution in [1.29, 1.82) is 0 Å². The lowest BCUT2D eigenvalue weighted by molar-refractivity contribution is -0.146. The monoisotopic (exact) mass is 345 g/mol. The summed E-state index contributed by atoms with van der Waals surface area (Å²) >= 11 is 0. The number of nitrogens with zero attached hydrogens (tertiary/aromatic N) is 3. The van der Waals surface area contributed by atoms with Gasteiger partial charge in [0.2, 0.25) is 11.8 Å². The third-order valence-corrected chi connectivity index (χ3v) is 5.21. The van der Waals surface area contributed by atoms with Crippen molar-refractivity contribution in [3.8, 4) is 0 Å². The molecule has 3 atom stereocenters. The molecule has 6 nitrogen and oxygen atoms in total. The van der Waals surface area contributed by atoms with Crippen LogP contribution in [0.5, 0.6) is 0 Å². The summed E-state index contributed by atoms with van der Waals surface area (Å²) in [5, 5.41) is 9.87. The number of hydrogen-bond donors (Lipinski definition) is 1. The summed E-state index contributed by atoms with van der Waals surface area (Å²) in [6, 6.07) is 9.91. The summed E-state index contributed by atoms with van der Waals surface area (Å²) in [7, 11) is 0. The molecule has 0 aliphatic carbocycles. The van der Waals surface area contributed by atoms with Gasteiger partial charge in [-0.3, -0.25) is 14.5 Å². The summed E-state index contributed by atoms with van der Waals surface area (Å²) in [6.07, 6.45) is -0.262. The molecule has 2 amide bonds. The molecule has 25 heavy (non-hydrogen) atoms. The second kappa shape index (κ2) is 7.54. The molecule has 0 aromatic heterocycles. The summed E-state index contributed by atoms with van der Waals surface area (Å²) in [5.74, 6) is -0.177. The van der Waals surface area contributed by atoms with E-state index in [1.807, 2.05) is 23.1 Å². The Hall–Kier alpha value is -1.92. The van der Waals surface area contributed by atoms with Crippen molar-refractivity contribution in [2.24, 2.45) is 0 Å². The van der Waals surface area contributed by atoms with Crippen molar-refractivity contribution in [2.75, 3.05) is 26.2 Å².